The van der Waals surface area contributed by atoms with Gasteiger partial charge in [-0.15, -0.1) is 0 Å². The first-order chi connectivity index (χ1) is 9.64. The number of benzene rings is 1. The molecule has 1 unspecified atom stereocenters. The van der Waals surface area contributed by atoms with Crippen LogP contribution >= 0.6 is 0 Å². The zero-order valence-corrected chi connectivity index (χ0v) is 13.3. The molecule has 0 heterocycles. The van der Waals surface area contributed by atoms with E-state index < -0.39 is 0 Å². The SMILES string of the molecule is CCN(CC)Cc1cccc(NC(C)C(OC)OC)c1. The van der Waals surface area contributed by atoms with Gasteiger partial charge in [0.15, 0.2) is 6.29 Å². The molecular formula is C16H28N2O2. The third-order valence-electron chi connectivity index (χ3n) is 3.49. The summed E-state index contributed by atoms with van der Waals surface area (Å²) in [7, 11) is 3.31. The Hall–Kier alpha value is -1.10. The predicted molar refractivity (Wildman–Crippen MR) is 84.0 cm³/mol. The summed E-state index contributed by atoms with van der Waals surface area (Å²) >= 11 is 0. The highest BCUT2D eigenvalue weighted by Gasteiger charge is 2.15. The molecule has 0 aliphatic carbocycles. The van der Waals surface area contributed by atoms with Crippen LogP contribution in [0.5, 0.6) is 0 Å². The highest BCUT2D eigenvalue weighted by molar-refractivity contribution is 5.46. The van der Waals surface area contributed by atoms with Crippen molar-refractivity contribution in [2.24, 2.45) is 0 Å². The second-order valence-electron chi connectivity index (χ2n) is 4.93. The number of anilines is 1. The lowest BCUT2D eigenvalue weighted by molar-refractivity contribution is -0.109. The molecule has 0 amide bonds. The second kappa shape index (κ2) is 8.95. The Balaban J connectivity index is 2.68. The quantitative estimate of drug-likeness (QED) is 0.705. The van der Waals surface area contributed by atoms with Gasteiger partial charge < -0.3 is 14.8 Å². The number of hydrogen-bond donors (Lipinski definition) is 1. The monoisotopic (exact) mass is 280 g/mol. The molecule has 0 aliphatic rings. The number of hydrogen-bond acceptors (Lipinski definition) is 4. The fraction of sp³-hybridized carbons (Fsp3) is 0.625. The highest BCUT2D eigenvalue weighted by atomic mass is 16.7. The minimum atomic E-state index is -0.249. The number of methoxy groups -OCH3 is 2. The third-order valence-corrected chi connectivity index (χ3v) is 3.49. The Morgan fingerprint density at radius 3 is 2.35 bits per heavy atom. The van der Waals surface area contributed by atoms with Crippen LogP contribution in [0.3, 0.4) is 0 Å². The molecule has 1 N–H and O–H groups in total. The van der Waals surface area contributed by atoms with E-state index in [0.29, 0.717) is 0 Å². The van der Waals surface area contributed by atoms with Crippen LogP contribution in [0, 0.1) is 0 Å². The molecule has 4 nitrogen and oxygen atoms in total. The van der Waals surface area contributed by atoms with Crippen LogP contribution in [0.2, 0.25) is 0 Å². The summed E-state index contributed by atoms with van der Waals surface area (Å²) < 4.78 is 10.5. The van der Waals surface area contributed by atoms with E-state index in [0.717, 1.165) is 25.3 Å². The molecule has 20 heavy (non-hydrogen) atoms. The van der Waals surface area contributed by atoms with E-state index in [-0.39, 0.29) is 12.3 Å². The largest absolute Gasteiger partial charge is 0.377 e. The zero-order valence-electron chi connectivity index (χ0n) is 13.3. The molecule has 1 atom stereocenters. The van der Waals surface area contributed by atoms with Crippen molar-refractivity contribution < 1.29 is 9.47 Å². The van der Waals surface area contributed by atoms with Crippen LogP contribution < -0.4 is 5.32 Å². The minimum Gasteiger partial charge on any atom is -0.377 e. The molecule has 1 aromatic rings. The van der Waals surface area contributed by atoms with Gasteiger partial charge in [0.1, 0.15) is 0 Å². The average molecular weight is 280 g/mol. The maximum absolute atomic E-state index is 5.27. The lowest BCUT2D eigenvalue weighted by Gasteiger charge is -2.24. The van der Waals surface area contributed by atoms with Crippen molar-refractivity contribution in [1.82, 2.24) is 4.90 Å². The Kier molecular flexibility index (Phi) is 7.59. The predicted octanol–water partition coefficient (Wildman–Crippen LogP) is 2.95. The van der Waals surface area contributed by atoms with E-state index in [1.54, 1.807) is 14.2 Å². The first-order valence-electron chi connectivity index (χ1n) is 7.28. The summed E-state index contributed by atoms with van der Waals surface area (Å²) in [4.78, 5) is 2.40. The van der Waals surface area contributed by atoms with Crippen LogP contribution in [-0.2, 0) is 16.0 Å². The fourth-order valence-corrected chi connectivity index (χ4v) is 2.30. The van der Waals surface area contributed by atoms with Crippen LogP contribution in [-0.4, -0.2) is 44.5 Å². The highest BCUT2D eigenvalue weighted by Crippen LogP contribution is 2.15. The molecule has 0 aliphatic heterocycles. The van der Waals surface area contributed by atoms with Crippen LogP contribution in [0.1, 0.15) is 26.3 Å². The van der Waals surface area contributed by atoms with Crippen molar-refractivity contribution in [3.8, 4) is 0 Å². The molecule has 4 heteroatoms. The Morgan fingerprint density at radius 2 is 1.80 bits per heavy atom. The van der Waals surface area contributed by atoms with Crippen LogP contribution in [0.25, 0.3) is 0 Å². The van der Waals surface area contributed by atoms with Crippen molar-refractivity contribution in [2.45, 2.75) is 39.6 Å². The van der Waals surface area contributed by atoms with Gasteiger partial charge in [0.05, 0.1) is 6.04 Å². The molecule has 0 fully saturated rings. The van der Waals surface area contributed by atoms with Gasteiger partial charge in [-0.05, 0) is 37.7 Å². The smallest absolute Gasteiger partial charge is 0.176 e. The van der Waals surface area contributed by atoms with Gasteiger partial charge in [0.2, 0.25) is 0 Å². The summed E-state index contributed by atoms with van der Waals surface area (Å²) in [5.74, 6) is 0. The van der Waals surface area contributed by atoms with E-state index in [1.165, 1.54) is 5.56 Å². The molecule has 0 saturated heterocycles. The van der Waals surface area contributed by atoms with E-state index in [2.05, 4.69) is 55.3 Å². The van der Waals surface area contributed by atoms with Crippen LogP contribution in [0.15, 0.2) is 24.3 Å². The van der Waals surface area contributed by atoms with Gasteiger partial charge in [0.25, 0.3) is 0 Å². The standard InChI is InChI=1S/C16H28N2O2/c1-6-18(7-2)12-14-9-8-10-15(11-14)17-13(3)16(19-4)20-5/h8-11,13,16-17H,6-7,12H2,1-5H3. The summed E-state index contributed by atoms with van der Waals surface area (Å²) in [6.07, 6.45) is -0.249. The number of nitrogens with one attached hydrogen (secondary N) is 1. The zero-order chi connectivity index (χ0) is 15.0. The molecule has 1 aromatic carbocycles. The van der Waals surface area contributed by atoms with E-state index in [4.69, 9.17) is 9.47 Å². The second-order valence-corrected chi connectivity index (χ2v) is 4.93. The number of rotatable bonds is 9. The Bertz CT molecular complexity index is 376. The topological polar surface area (TPSA) is 33.7 Å². The molecule has 114 valence electrons. The maximum atomic E-state index is 5.27. The number of ether oxygens (including phenoxy) is 2. The Labute approximate surface area is 123 Å². The van der Waals surface area contributed by atoms with Crippen LogP contribution in [0.4, 0.5) is 5.69 Å². The summed E-state index contributed by atoms with van der Waals surface area (Å²) in [5.41, 5.74) is 2.42. The van der Waals surface area contributed by atoms with Gasteiger partial charge in [-0.2, -0.15) is 0 Å². The first-order valence-corrected chi connectivity index (χ1v) is 7.28. The minimum absolute atomic E-state index is 0.0914. The summed E-state index contributed by atoms with van der Waals surface area (Å²) in [6, 6.07) is 8.61. The summed E-state index contributed by atoms with van der Waals surface area (Å²) in [6.45, 7) is 9.55. The van der Waals surface area contributed by atoms with Gasteiger partial charge in [-0.1, -0.05) is 26.0 Å². The molecule has 1 rings (SSSR count). The molecule has 0 saturated carbocycles. The lowest BCUT2D eigenvalue weighted by atomic mass is 10.1. The lowest BCUT2D eigenvalue weighted by Crippen LogP contribution is -2.33. The molecule has 0 aromatic heterocycles. The normalized spacial score (nSPS) is 12.9. The fourth-order valence-electron chi connectivity index (χ4n) is 2.30. The Morgan fingerprint density at radius 1 is 1.15 bits per heavy atom. The van der Waals surface area contributed by atoms with Gasteiger partial charge >= 0.3 is 0 Å². The maximum Gasteiger partial charge on any atom is 0.176 e. The molecule has 0 bridgehead atoms. The molecule has 0 radical (unpaired) electrons. The molecular weight excluding hydrogens is 252 g/mol. The van der Waals surface area contributed by atoms with E-state index in [1.807, 2.05) is 0 Å². The first kappa shape index (κ1) is 17.0. The summed E-state index contributed by atoms with van der Waals surface area (Å²) in [5, 5.41) is 3.42. The van der Waals surface area contributed by atoms with Gasteiger partial charge in [0, 0.05) is 26.5 Å². The molecule has 0 spiro atoms. The van der Waals surface area contributed by atoms with Crippen molar-refractivity contribution >= 4 is 5.69 Å². The van der Waals surface area contributed by atoms with Crippen molar-refractivity contribution in [2.75, 3.05) is 32.6 Å². The van der Waals surface area contributed by atoms with Crippen molar-refractivity contribution in [3.05, 3.63) is 29.8 Å². The van der Waals surface area contributed by atoms with Crippen molar-refractivity contribution in [3.63, 3.8) is 0 Å². The number of nitrogens with zero attached hydrogens (tertiary/aromatic N) is 1. The van der Waals surface area contributed by atoms with Gasteiger partial charge in [-0.3, -0.25) is 4.90 Å². The van der Waals surface area contributed by atoms with Crippen molar-refractivity contribution in [1.29, 1.82) is 0 Å². The van der Waals surface area contributed by atoms with E-state index in [9.17, 15) is 0 Å². The average Bonchev–Trinajstić information content (AvgIpc) is 2.46. The third kappa shape index (κ3) is 5.12. The van der Waals surface area contributed by atoms with E-state index >= 15 is 0 Å². The van der Waals surface area contributed by atoms with Gasteiger partial charge in [-0.25, -0.2) is 0 Å².